The summed E-state index contributed by atoms with van der Waals surface area (Å²) < 4.78 is 10.5. The van der Waals surface area contributed by atoms with Gasteiger partial charge < -0.3 is 20.5 Å². The van der Waals surface area contributed by atoms with E-state index in [4.69, 9.17) is 15.2 Å². The molecule has 3 N–H and O–H groups in total. The van der Waals surface area contributed by atoms with Crippen LogP contribution in [0, 0.1) is 0 Å². The fourth-order valence-corrected chi connectivity index (χ4v) is 2.58. The standard InChI is InChI=1S/C17H26N2O3/c1-16(2,13-4-6-14(21-3)7-5-13)12-19-15(20)17(18)8-10-22-11-9-17/h4-7H,8-12,18H2,1-3H3,(H,19,20). The summed E-state index contributed by atoms with van der Waals surface area (Å²) in [5, 5.41) is 3.01. The Balaban J connectivity index is 1.97. The first-order valence-electron chi connectivity index (χ1n) is 7.67. The minimum atomic E-state index is -0.797. The number of benzene rings is 1. The predicted molar refractivity (Wildman–Crippen MR) is 86.0 cm³/mol. The second-order valence-corrected chi connectivity index (χ2v) is 6.56. The first kappa shape index (κ1) is 16.8. The molecule has 0 radical (unpaired) electrons. The molecule has 1 heterocycles. The van der Waals surface area contributed by atoms with E-state index in [1.807, 2.05) is 24.3 Å². The summed E-state index contributed by atoms with van der Waals surface area (Å²) >= 11 is 0. The molecule has 0 aromatic heterocycles. The fraction of sp³-hybridized carbons (Fsp3) is 0.588. The van der Waals surface area contributed by atoms with Crippen molar-refractivity contribution < 1.29 is 14.3 Å². The van der Waals surface area contributed by atoms with E-state index < -0.39 is 5.54 Å². The monoisotopic (exact) mass is 306 g/mol. The lowest BCUT2D eigenvalue weighted by atomic mass is 9.83. The molecule has 122 valence electrons. The zero-order valence-corrected chi connectivity index (χ0v) is 13.6. The zero-order chi connectivity index (χ0) is 16.2. The maximum atomic E-state index is 12.4. The second kappa shape index (κ2) is 6.67. The van der Waals surface area contributed by atoms with Crippen LogP contribution < -0.4 is 15.8 Å². The summed E-state index contributed by atoms with van der Waals surface area (Å²) in [6, 6.07) is 7.92. The predicted octanol–water partition coefficient (Wildman–Crippen LogP) is 1.60. The number of rotatable bonds is 5. The van der Waals surface area contributed by atoms with Crippen LogP contribution in [0.2, 0.25) is 0 Å². The molecule has 1 aromatic rings. The Bertz CT molecular complexity index is 505. The summed E-state index contributed by atoms with van der Waals surface area (Å²) in [7, 11) is 1.65. The average Bonchev–Trinajstić information content (AvgIpc) is 2.53. The van der Waals surface area contributed by atoms with Gasteiger partial charge in [-0.2, -0.15) is 0 Å². The molecule has 1 amide bonds. The SMILES string of the molecule is COc1ccc(C(C)(C)CNC(=O)C2(N)CCOCC2)cc1. The van der Waals surface area contributed by atoms with Crippen LogP contribution >= 0.6 is 0 Å². The van der Waals surface area contributed by atoms with E-state index in [9.17, 15) is 4.79 Å². The number of hydrogen-bond acceptors (Lipinski definition) is 4. The molecule has 0 saturated carbocycles. The molecule has 0 aliphatic carbocycles. The van der Waals surface area contributed by atoms with Crippen LogP contribution in [0.15, 0.2) is 24.3 Å². The molecular weight excluding hydrogens is 280 g/mol. The molecule has 22 heavy (non-hydrogen) atoms. The molecule has 1 saturated heterocycles. The summed E-state index contributed by atoms with van der Waals surface area (Å²) in [4.78, 5) is 12.4. The quantitative estimate of drug-likeness (QED) is 0.866. The molecule has 1 aliphatic rings. The van der Waals surface area contributed by atoms with Gasteiger partial charge in [0.25, 0.3) is 0 Å². The van der Waals surface area contributed by atoms with Gasteiger partial charge in [-0.3, -0.25) is 4.79 Å². The van der Waals surface area contributed by atoms with Crippen molar-refractivity contribution in [1.82, 2.24) is 5.32 Å². The Hall–Kier alpha value is -1.59. The highest BCUT2D eigenvalue weighted by atomic mass is 16.5. The normalized spacial score (nSPS) is 17.8. The van der Waals surface area contributed by atoms with Gasteiger partial charge in [0, 0.05) is 25.2 Å². The van der Waals surface area contributed by atoms with Crippen LogP contribution in [0.5, 0.6) is 5.75 Å². The third-order valence-corrected chi connectivity index (χ3v) is 4.40. The lowest BCUT2D eigenvalue weighted by Crippen LogP contribution is -2.58. The highest BCUT2D eigenvalue weighted by molar-refractivity contribution is 5.86. The first-order chi connectivity index (χ1) is 10.4. The third kappa shape index (κ3) is 3.78. The van der Waals surface area contributed by atoms with Crippen molar-refractivity contribution in [3.63, 3.8) is 0 Å². The number of methoxy groups -OCH3 is 1. The van der Waals surface area contributed by atoms with Gasteiger partial charge in [-0.25, -0.2) is 0 Å². The number of nitrogens with one attached hydrogen (secondary N) is 1. The van der Waals surface area contributed by atoms with Crippen LogP contribution in [-0.4, -0.2) is 38.3 Å². The van der Waals surface area contributed by atoms with Crippen LogP contribution in [0.4, 0.5) is 0 Å². The topological polar surface area (TPSA) is 73.6 Å². The van der Waals surface area contributed by atoms with Crippen molar-refractivity contribution in [2.45, 2.75) is 37.6 Å². The van der Waals surface area contributed by atoms with Gasteiger partial charge in [-0.15, -0.1) is 0 Å². The zero-order valence-electron chi connectivity index (χ0n) is 13.6. The largest absolute Gasteiger partial charge is 0.497 e. The van der Waals surface area contributed by atoms with Gasteiger partial charge in [-0.1, -0.05) is 26.0 Å². The molecule has 1 aliphatic heterocycles. The van der Waals surface area contributed by atoms with Crippen molar-refractivity contribution >= 4 is 5.91 Å². The molecule has 5 nitrogen and oxygen atoms in total. The van der Waals surface area contributed by atoms with Crippen LogP contribution in [0.25, 0.3) is 0 Å². The minimum absolute atomic E-state index is 0.0858. The van der Waals surface area contributed by atoms with Gasteiger partial charge in [-0.05, 0) is 30.5 Å². The molecule has 0 unspecified atom stereocenters. The molecule has 0 atom stereocenters. The maximum Gasteiger partial charge on any atom is 0.240 e. The molecule has 1 fully saturated rings. The van der Waals surface area contributed by atoms with E-state index in [1.165, 1.54) is 0 Å². The Morgan fingerprint density at radius 1 is 1.32 bits per heavy atom. The number of ether oxygens (including phenoxy) is 2. The number of hydrogen-bond donors (Lipinski definition) is 2. The van der Waals surface area contributed by atoms with Crippen molar-refractivity contribution in [2.24, 2.45) is 5.73 Å². The van der Waals surface area contributed by atoms with E-state index in [2.05, 4.69) is 19.2 Å². The van der Waals surface area contributed by atoms with Crippen molar-refractivity contribution in [2.75, 3.05) is 26.9 Å². The fourth-order valence-electron chi connectivity index (χ4n) is 2.58. The summed E-state index contributed by atoms with van der Waals surface area (Å²) in [5.74, 6) is 0.740. The Kier molecular flexibility index (Phi) is 5.08. The maximum absolute atomic E-state index is 12.4. The lowest BCUT2D eigenvalue weighted by Gasteiger charge is -2.34. The highest BCUT2D eigenvalue weighted by Crippen LogP contribution is 2.25. The second-order valence-electron chi connectivity index (χ2n) is 6.56. The van der Waals surface area contributed by atoms with Crippen LogP contribution in [0.1, 0.15) is 32.3 Å². The Labute approximate surface area is 132 Å². The van der Waals surface area contributed by atoms with Crippen molar-refractivity contribution in [3.05, 3.63) is 29.8 Å². The molecule has 0 spiro atoms. The molecule has 1 aromatic carbocycles. The van der Waals surface area contributed by atoms with Crippen LogP contribution in [0.3, 0.4) is 0 Å². The molecule has 5 heteroatoms. The molecule has 2 rings (SSSR count). The van der Waals surface area contributed by atoms with Crippen LogP contribution in [-0.2, 0) is 14.9 Å². The summed E-state index contributed by atoms with van der Waals surface area (Å²) in [5.41, 5.74) is 6.37. The molecule has 0 bridgehead atoms. The van der Waals surface area contributed by atoms with Gasteiger partial charge in [0.2, 0.25) is 5.91 Å². The highest BCUT2D eigenvalue weighted by Gasteiger charge is 2.36. The molecular formula is C17H26N2O3. The van der Waals surface area contributed by atoms with E-state index >= 15 is 0 Å². The third-order valence-electron chi connectivity index (χ3n) is 4.40. The van der Waals surface area contributed by atoms with Crippen molar-refractivity contribution in [1.29, 1.82) is 0 Å². The van der Waals surface area contributed by atoms with Gasteiger partial charge >= 0.3 is 0 Å². The van der Waals surface area contributed by atoms with Gasteiger partial charge in [0.05, 0.1) is 12.6 Å². The lowest BCUT2D eigenvalue weighted by molar-refractivity contribution is -0.130. The van der Waals surface area contributed by atoms with Gasteiger partial charge in [0.15, 0.2) is 0 Å². The summed E-state index contributed by atoms with van der Waals surface area (Å²) in [6.45, 7) is 5.83. The van der Waals surface area contributed by atoms with E-state index in [0.717, 1.165) is 11.3 Å². The number of nitrogens with two attached hydrogens (primary N) is 1. The smallest absolute Gasteiger partial charge is 0.240 e. The Morgan fingerprint density at radius 2 is 1.91 bits per heavy atom. The van der Waals surface area contributed by atoms with Gasteiger partial charge in [0.1, 0.15) is 5.75 Å². The summed E-state index contributed by atoms with van der Waals surface area (Å²) in [6.07, 6.45) is 1.14. The Morgan fingerprint density at radius 3 is 2.45 bits per heavy atom. The number of amides is 1. The van der Waals surface area contributed by atoms with E-state index in [1.54, 1.807) is 7.11 Å². The number of carbonyl (C=O) groups excluding carboxylic acids is 1. The minimum Gasteiger partial charge on any atom is -0.497 e. The van der Waals surface area contributed by atoms with E-state index in [-0.39, 0.29) is 11.3 Å². The van der Waals surface area contributed by atoms with Crippen molar-refractivity contribution in [3.8, 4) is 5.75 Å². The number of carbonyl (C=O) groups is 1. The first-order valence-corrected chi connectivity index (χ1v) is 7.67. The average molecular weight is 306 g/mol. The van der Waals surface area contributed by atoms with E-state index in [0.29, 0.717) is 32.6 Å².